The molecule has 1 N–H and O–H groups in total. The van der Waals surface area contributed by atoms with E-state index in [0.29, 0.717) is 17.4 Å². The Bertz CT molecular complexity index is 268. The Hall–Kier alpha value is -0.350. The summed E-state index contributed by atoms with van der Waals surface area (Å²) in [7, 11) is -0.846. The van der Waals surface area contributed by atoms with Gasteiger partial charge in [0, 0.05) is 6.54 Å². The van der Waals surface area contributed by atoms with Crippen molar-refractivity contribution in [1.29, 1.82) is 0 Å². The molecule has 0 saturated carbocycles. The number of sulfone groups is 1. The quantitative estimate of drug-likeness (QED) is 0.683. The Morgan fingerprint density at radius 1 is 1.46 bits per heavy atom. The van der Waals surface area contributed by atoms with Gasteiger partial charge in [-0.2, -0.15) is 0 Å². The first-order valence-electron chi connectivity index (χ1n) is 4.58. The molecule has 0 radical (unpaired) electrons. The summed E-state index contributed by atoms with van der Waals surface area (Å²) in [4.78, 5) is 0. The van der Waals surface area contributed by atoms with E-state index in [9.17, 15) is 8.42 Å². The summed E-state index contributed by atoms with van der Waals surface area (Å²) in [6.07, 6.45) is 1.51. The molecule has 1 saturated heterocycles. The van der Waals surface area contributed by atoms with Gasteiger partial charge in [-0.15, -0.1) is 0 Å². The molecule has 1 rings (SSSR count). The van der Waals surface area contributed by atoms with E-state index in [1.165, 1.54) is 0 Å². The summed E-state index contributed by atoms with van der Waals surface area (Å²) < 4.78 is 22.3. The summed E-state index contributed by atoms with van der Waals surface area (Å²) in [5.74, 6) is 1.07. The Balaban J connectivity index is 2.45. The maximum absolute atomic E-state index is 11.1. The molecule has 0 aromatic carbocycles. The summed E-state index contributed by atoms with van der Waals surface area (Å²) in [5, 5.41) is 3.04. The average molecular weight is 203 g/mol. The predicted molar refractivity (Wildman–Crippen MR) is 54.4 cm³/mol. The zero-order chi connectivity index (χ0) is 9.90. The van der Waals surface area contributed by atoms with Crippen LogP contribution in [0.15, 0.2) is 12.2 Å². The Kier molecular flexibility index (Phi) is 3.50. The monoisotopic (exact) mass is 203 g/mol. The molecule has 13 heavy (non-hydrogen) atoms. The van der Waals surface area contributed by atoms with E-state index in [4.69, 9.17) is 0 Å². The number of hydrogen-bond donors (Lipinski definition) is 1. The van der Waals surface area contributed by atoms with Crippen molar-refractivity contribution in [2.24, 2.45) is 5.92 Å². The second-order valence-electron chi connectivity index (χ2n) is 3.61. The number of rotatable bonds is 3. The van der Waals surface area contributed by atoms with Crippen molar-refractivity contribution in [2.75, 3.05) is 25.1 Å². The van der Waals surface area contributed by atoms with Crippen LogP contribution in [0.4, 0.5) is 0 Å². The van der Waals surface area contributed by atoms with E-state index in [1.54, 1.807) is 0 Å². The molecular formula is C9H17NO2S. The molecule has 0 bridgehead atoms. The SMILES string of the molecule is C=C(CNC)C1CCS(=O)(=O)CC1. The highest BCUT2D eigenvalue weighted by Gasteiger charge is 2.24. The second kappa shape index (κ2) is 4.24. The van der Waals surface area contributed by atoms with Crippen molar-refractivity contribution >= 4 is 9.84 Å². The molecule has 0 aliphatic carbocycles. The van der Waals surface area contributed by atoms with Gasteiger partial charge in [0.1, 0.15) is 9.84 Å². The molecule has 0 atom stereocenters. The predicted octanol–water partition coefficient (Wildman–Crippen LogP) is 0.587. The van der Waals surface area contributed by atoms with Crippen molar-refractivity contribution < 1.29 is 8.42 Å². The molecule has 3 nitrogen and oxygen atoms in total. The minimum Gasteiger partial charge on any atom is -0.316 e. The zero-order valence-electron chi connectivity index (χ0n) is 8.04. The Morgan fingerprint density at radius 3 is 2.46 bits per heavy atom. The highest BCUT2D eigenvalue weighted by Crippen LogP contribution is 2.24. The molecule has 1 aliphatic heterocycles. The molecule has 1 heterocycles. The van der Waals surface area contributed by atoms with Gasteiger partial charge in [0.25, 0.3) is 0 Å². The van der Waals surface area contributed by atoms with Crippen molar-refractivity contribution in [3.05, 3.63) is 12.2 Å². The van der Waals surface area contributed by atoms with E-state index in [1.807, 2.05) is 7.05 Å². The van der Waals surface area contributed by atoms with Gasteiger partial charge in [-0.1, -0.05) is 12.2 Å². The van der Waals surface area contributed by atoms with E-state index >= 15 is 0 Å². The topological polar surface area (TPSA) is 46.2 Å². The highest BCUT2D eigenvalue weighted by molar-refractivity contribution is 7.91. The molecule has 1 fully saturated rings. The first-order valence-corrected chi connectivity index (χ1v) is 6.40. The molecule has 0 aromatic heterocycles. The maximum atomic E-state index is 11.1. The summed E-state index contributed by atoms with van der Waals surface area (Å²) in [6, 6.07) is 0. The fourth-order valence-electron chi connectivity index (χ4n) is 1.67. The largest absolute Gasteiger partial charge is 0.316 e. The van der Waals surface area contributed by atoms with Crippen LogP contribution in [0, 0.1) is 5.92 Å². The van der Waals surface area contributed by atoms with Crippen LogP contribution >= 0.6 is 0 Å². The lowest BCUT2D eigenvalue weighted by atomic mass is 9.94. The van der Waals surface area contributed by atoms with E-state index in [0.717, 1.165) is 25.0 Å². The minimum absolute atomic E-state index is 0.334. The van der Waals surface area contributed by atoms with Gasteiger partial charge < -0.3 is 5.32 Å². The molecular weight excluding hydrogens is 186 g/mol. The van der Waals surface area contributed by atoms with Crippen molar-refractivity contribution in [3.8, 4) is 0 Å². The van der Waals surface area contributed by atoms with E-state index in [2.05, 4.69) is 11.9 Å². The van der Waals surface area contributed by atoms with E-state index in [-0.39, 0.29) is 0 Å². The lowest BCUT2D eigenvalue weighted by Crippen LogP contribution is -2.26. The van der Waals surface area contributed by atoms with Crippen LogP contribution in [-0.2, 0) is 9.84 Å². The van der Waals surface area contributed by atoms with Gasteiger partial charge in [-0.05, 0) is 25.8 Å². The summed E-state index contributed by atoms with van der Waals surface area (Å²) in [6.45, 7) is 4.75. The van der Waals surface area contributed by atoms with Crippen LogP contribution in [0.3, 0.4) is 0 Å². The Morgan fingerprint density at radius 2 is 2.00 bits per heavy atom. The fraction of sp³-hybridized carbons (Fsp3) is 0.778. The van der Waals surface area contributed by atoms with Crippen LogP contribution in [0.25, 0.3) is 0 Å². The van der Waals surface area contributed by atoms with Crippen LogP contribution in [0.5, 0.6) is 0 Å². The highest BCUT2D eigenvalue weighted by atomic mass is 32.2. The molecule has 0 aromatic rings. The van der Waals surface area contributed by atoms with Crippen LogP contribution in [-0.4, -0.2) is 33.5 Å². The summed E-state index contributed by atoms with van der Waals surface area (Å²) >= 11 is 0. The van der Waals surface area contributed by atoms with Gasteiger partial charge in [-0.25, -0.2) is 8.42 Å². The third-order valence-corrected chi connectivity index (χ3v) is 4.25. The maximum Gasteiger partial charge on any atom is 0.150 e. The second-order valence-corrected chi connectivity index (χ2v) is 5.92. The Labute approximate surface area is 80.1 Å². The fourth-order valence-corrected chi connectivity index (χ4v) is 3.16. The molecule has 4 heteroatoms. The van der Waals surface area contributed by atoms with Crippen LogP contribution < -0.4 is 5.32 Å². The van der Waals surface area contributed by atoms with Crippen LogP contribution in [0.1, 0.15) is 12.8 Å². The van der Waals surface area contributed by atoms with E-state index < -0.39 is 9.84 Å². The average Bonchev–Trinajstić information content (AvgIpc) is 2.04. The molecule has 0 unspecified atom stereocenters. The van der Waals surface area contributed by atoms with Crippen molar-refractivity contribution in [3.63, 3.8) is 0 Å². The van der Waals surface area contributed by atoms with Gasteiger partial charge in [0.05, 0.1) is 11.5 Å². The number of nitrogens with one attached hydrogen (secondary N) is 1. The normalized spacial score (nSPS) is 22.8. The number of likely N-dealkylation sites (N-methyl/N-ethyl adjacent to an activating group) is 1. The smallest absolute Gasteiger partial charge is 0.150 e. The van der Waals surface area contributed by atoms with Gasteiger partial charge >= 0.3 is 0 Å². The summed E-state index contributed by atoms with van der Waals surface area (Å²) in [5.41, 5.74) is 1.14. The van der Waals surface area contributed by atoms with Crippen molar-refractivity contribution in [2.45, 2.75) is 12.8 Å². The molecule has 76 valence electrons. The van der Waals surface area contributed by atoms with Crippen LogP contribution in [0.2, 0.25) is 0 Å². The third-order valence-electron chi connectivity index (χ3n) is 2.54. The minimum atomic E-state index is -2.73. The third kappa shape index (κ3) is 3.12. The molecule has 1 aliphatic rings. The van der Waals surface area contributed by atoms with Crippen molar-refractivity contribution in [1.82, 2.24) is 5.32 Å². The lowest BCUT2D eigenvalue weighted by molar-refractivity contribution is 0.510. The first-order chi connectivity index (χ1) is 6.05. The van der Waals surface area contributed by atoms with Gasteiger partial charge in [-0.3, -0.25) is 0 Å². The first kappa shape index (κ1) is 10.7. The zero-order valence-corrected chi connectivity index (χ0v) is 8.86. The molecule has 0 amide bonds. The molecule has 0 spiro atoms. The van der Waals surface area contributed by atoms with Gasteiger partial charge in [0.2, 0.25) is 0 Å². The lowest BCUT2D eigenvalue weighted by Gasteiger charge is -2.23. The number of hydrogen-bond acceptors (Lipinski definition) is 3. The standard InChI is InChI=1S/C9H17NO2S/c1-8(7-10-2)9-3-5-13(11,12)6-4-9/h9-10H,1,3-7H2,2H3. The van der Waals surface area contributed by atoms with Gasteiger partial charge in [0.15, 0.2) is 0 Å².